The molecule has 2 aromatic carbocycles. The molecule has 0 atom stereocenters. The highest BCUT2D eigenvalue weighted by molar-refractivity contribution is 5.73. The molecule has 0 aliphatic carbocycles. The Morgan fingerprint density at radius 2 is 1.62 bits per heavy atom. The Kier molecular flexibility index (Phi) is 5.85. The Bertz CT molecular complexity index is 735. The van der Waals surface area contributed by atoms with E-state index in [2.05, 4.69) is 6.07 Å². The average molecular weight is 328 g/mol. The Morgan fingerprint density at radius 3 is 2.29 bits per heavy atom. The van der Waals surface area contributed by atoms with Crippen molar-refractivity contribution in [3.8, 4) is 17.2 Å². The zero-order chi connectivity index (χ0) is 17.7. The summed E-state index contributed by atoms with van der Waals surface area (Å²) >= 11 is 0. The van der Waals surface area contributed by atoms with Crippen LogP contribution in [0.5, 0.6) is 17.2 Å². The molecule has 0 unspecified atom stereocenters. The first kappa shape index (κ1) is 17.9. The Hall–Kier alpha value is -2.49. The number of hydrogen-bond acceptors (Lipinski definition) is 4. The second-order valence-electron chi connectivity index (χ2n) is 5.87. The highest BCUT2D eigenvalue weighted by Crippen LogP contribution is 2.28. The lowest BCUT2D eigenvalue weighted by Gasteiger charge is -2.12. The van der Waals surface area contributed by atoms with Crippen molar-refractivity contribution in [2.45, 2.75) is 33.6 Å². The molecule has 4 nitrogen and oxygen atoms in total. The zero-order valence-corrected chi connectivity index (χ0v) is 14.9. The van der Waals surface area contributed by atoms with Gasteiger partial charge in [-0.25, -0.2) is 0 Å². The second kappa shape index (κ2) is 7.86. The van der Waals surface area contributed by atoms with Gasteiger partial charge in [0.25, 0.3) is 0 Å². The standard InChI is InChI=1S/C20H24O4/c1-13-10-14(2)15(3)18(11-13)24-20(21)9-7-16-6-8-17(22-4)19(12-16)23-5/h6,8,10-12H,7,9H2,1-5H3. The van der Waals surface area contributed by atoms with Crippen LogP contribution in [0.15, 0.2) is 30.3 Å². The number of carbonyl (C=O) groups is 1. The molecule has 0 spiro atoms. The first-order valence-electron chi connectivity index (χ1n) is 7.94. The molecule has 128 valence electrons. The van der Waals surface area contributed by atoms with Crippen molar-refractivity contribution in [1.29, 1.82) is 0 Å². The van der Waals surface area contributed by atoms with Crippen LogP contribution in [0.3, 0.4) is 0 Å². The van der Waals surface area contributed by atoms with Crippen LogP contribution in [-0.2, 0) is 11.2 Å². The number of esters is 1. The van der Waals surface area contributed by atoms with Crippen molar-refractivity contribution >= 4 is 5.97 Å². The van der Waals surface area contributed by atoms with Crippen LogP contribution in [0.25, 0.3) is 0 Å². The molecular formula is C20H24O4. The fourth-order valence-electron chi connectivity index (χ4n) is 2.56. The highest BCUT2D eigenvalue weighted by Gasteiger charge is 2.11. The van der Waals surface area contributed by atoms with E-state index in [0.29, 0.717) is 30.1 Å². The van der Waals surface area contributed by atoms with E-state index in [1.54, 1.807) is 14.2 Å². The minimum atomic E-state index is -0.238. The van der Waals surface area contributed by atoms with Crippen LogP contribution in [0.4, 0.5) is 0 Å². The summed E-state index contributed by atoms with van der Waals surface area (Å²) in [7, 11) is 3.19. The van der Waals surface area contributed by atoms with E-state index in [1.807, 2.05) is 45.0 Å². The fraction of sp³-hybridized carbons (Fsp3) is 0.350. The van der Waals surface area contributed by atoms with Crippen molar-refractivity contribution in [2.75, 3.05) is 14.2 Å². The minimum absolute atomic E-state index is 0.238. The highest BCUT2D eigenvalue weighted by atomic mass is 16.5. The quantitative estimate of drug-likeness (QED) is 0.590. The average Bonchev–Trinajstić information content (AvgIpc) is 2.57. The van der Waals surface area contributed by atoms with Gasteiger partial charge in [-0.15, -0.1) is 0 Å². The van der Waals surface area contributed by atoms with Gasteiger partial charge in [-0.1, -0.05) is 12.1 Å². The van der Waals surface area contributed by atoms with Crippen molar-refractivity contribution < 1.29 is 19.0 Å². The minimum Gasteiger partial charge on any atom is -0.493 e. The Labute approximate surface area is 143 Å². The van der Waals surface area contributed by atoms with Crippen molar-refractivity contribution in [2.24, 2.45) is 0 Å². The summed E-state index contributed by atoms with van der Waals surface area (Å²) in [5, 5.41) is 0. The van der Waals surface area contributed by atoms with Crippen LogP contribution in [0.2, 0.25) is 0 Å². The van der Waals surface area contributed by atoms with Gasteiger partial charge in [-0.2, -0.15) is 0 Å². The second-order valence-corrected chi connectivity index (χ2v) is 5.87. The van der Waals surface area contributed by atoms with Gasteiger partial charge in [0.1, 0.15) is 5.75 Å². The number of carbonyl (C=O) groups excluding carboxylic acids is 1. The van der Waals surface area contributed by atoms with E-state index in [-0.39, 0.29) is 5.97 Å². The lowest BCUT2D eigenvalue weighted by Crippen LogP contribution is -2.10. The molecule has 0 fully saturated rings. The van der Waals surface area contributed by atoms with E-state index < -0.39 is 0 Å². The van der Waals surface area contributed by atoms with E-state index in [0.717, 1.165) is 22.3 Å². The smallest absolute Gasteiger partial charge is 0.311 e. The molecular weight excluding hydrogens is 304 g/mol. The molecule has 0 aromatic heterocycles. The molecule has 4 heteroatoms. The number of hydrogen-bond donors (Lipinski definition) is 0. The topological polar surface area (TPSA) is 44.8 Å². The fourth-order valence-corrected chi connectivity index (χ4v) is 2.56. The van der Waals surface area contributed by atoms with Gasteiger partial charge >= 0.3 is 5.97 Å². The molecule has 2 aromatic rings. The van der Waals surface area contributed by atoms with Gasteiger partial charge in [0.05, 0.1) is 14.2 Å². The molecule has 0 bridgehead atoms. The Morgan fingerprint density at radius 1 is 0.917 bits per heavy atom. The number of aryl methyl sites for hydroxylation is 3. The summed E-state index contributed by atoms with van der Waals surface area (Å²) < 4.78 is 16.0. The van der Waals surface area contributed by atoms with Crippen LogP contribution >= 0.6 is 0 Å². The van der Waals surface area contributed by atoms with Crippen molar-refractivity contribution in [3.05, 3.63) is 52.6 Å². The van der Waals surface area contributed by atoms with Gasteiger partial charge in [0.15, 0.2) is 11.5 Å². The van der Waals surface area contributed by atoms with E-state index in [9.17, 15) is 4.79 Å². The third-order valence-electron chi connectivity index (χ3n) is 4.05. The van der Waals surface area contributed by atoms with Gasteiger partial charge in [-0.3, -0.25) is 4.79 Å². The molecule has 24 heavy (non-hydrogen) atoms. The Balaban J connectivity index is 2.01. The van der Waals surface area contributed by atoms with Crippen LogP contribution < -0.4 is 14.2 Å². The molecule has 0 N–H and O–H groups in total. The van der Waals surface area contributed by atoms with Gasteiger partial charge in [0.2, 0.25) is 0 Å². The van der Waals surface area contributed by atoms with Gasteiger partial charge < -0.3 is 14.2 Å². The normalized spacial score (nSPS) is 10.4. The molecule has 0 radical (unpaired) electrons. The molecule has 0 amide bonds. The maximum Gasteiger partial charge on any atom is 0.311 e. The summed E-state index contributed by atoms with van der Waals surface area (Å²) in [5.74, 6) is 1.74. The maximum atomic E-state index is 12.2. The van der Waals surface area contributed by atoms with Gasteiger partial charge in [0, 0.05) is 6.42 Å². The zero-order valence-electron chi connectivity index (χ0n) is 14.9. The number of ether oxygens (including phenoxy) is 3. The maximum absolute atomic E-state index is 12.2. The predicted molar refractivity (Wildman–Crippen MR) is 94.2 cm³/mol. The summed E-state index contributed by atoms with van der Waals surface area (Å²) in [4.78, 5) is 12.2. The van der Waals surface area contributed by atoms with Crippen LogP contribution in [0, 0.1) is 20.8 Å². The first-order valence-corrected chi connectivity index (χ1v) is 7.94. The van der Waals surface area contributed by atoms with E-state index in [1.165, 1.54) is 0 Å². The molecule has 0 saturated carbocycles. The van der Waals surface area contributed by atoms with E-state index >= 15 is 0 Å². The van der Waals surface area contributed by atoms with Crippen LogP contribution in [0.1, 0.15) is 28.7 Å². The number of benzene rings is 2. The molecule has 0 aliphatic heterocycles. The summed E-state index contributed by atoms with van der Waals surface area (Å²) in [6, 6.07) is 9.63. The predicted octanol–water partition coefficient (Wildman–Crippen LogP) is 4.17. The third-order valence-corrected chi connectivity index (χ3v) is 4.05. The largest absolute Gasteiger partial charge is 0.493 e. The lowest BCUT2D eigenvalue weighted by molar-refractivity contribution is -0.134. The number of rotatable bonds is 6. The van der Waals surface area contributed by atoms with E-state index in [4.69, 9.17) is 14.2 Å². The molecule has 2 rings (SSSR count). The first-order chi connectivity index (χ1) is 11.4. The monoisotopic (exact) mass is 328 g/mol. The lowest BCUT2D eigenvalue weighted by atomic mass is 10.1. The summed E-state index contributed by atoms with van der Waals surface area (Å²) in [6.07, 6.45) is 0.894. The summed E-state index contributed by atoms with van der Waals surface area (Å²) in [5.41, 5.74) is 4.21. The number of methoxy groups -OCH3 is 2. The van der Waals surface area contributed by atoms with Gasteiger partial charge in [-0.05, 0) is 67.6 Å². The third kappa shape index (κ3) is 4.28. The summed E-state index contributed by atoms with van der Waals surface area (Å²) in [6.45, 7) is 5.97. The SMILES string of the molecule is COc1ccc(CCC(=O)Oc2cc(C)cc(C)c2C)cc1OC. The van der Waals surface area contributed by atoms with Crippen LogP contribution in [-0.4, -0.2) is 20.2 Å². The van der Waals surface area contributed by atoms with Crippen molar-refractivity contribution in [3.63, 3.8) is 0 Å². The molecule has 0 heterocycles. The van der Waals surface area contributed by atoms with Crippen molar-refractivity contribution in [1.82, 2.24) is 0 Å². The molecule has 0 aliphatic rings. The molecule has 0 saturated heterocycles.